The number of halogens is 2. The normalized spacial score (nSPS) is 13.2. The van der Waals surface area contributed by atoms with Crippen LogP contribution >= 0.6 is 11.3 Å². The number of nitrogens with one attached hydrogen (secondary N) is 1. The van der Waals surface area contributed by atoms with Gasteiger partial charge in [-0.15, -0.1) is 11.3 Å². The van der Waals surface area contributed by atoms with Crippen molar-refractivity contribution in [2.24, 2.45) is 0 Å². The number of benzene rings is 2. The van der Waals surface area contributed by atoms with Gasteiger partial charge in [0, 0.05) is 16.5 Å². The van der Waals surface area contributed by atoms with Crippen LogP contribution in [0.5, 0.6) is 5.75 Å². The van der Waals surface area contributed by atoms with Crippen molar-refractivity contribution < 1.29 is 18.3 Å². The van der Waals surface area contributed by atoms with E-state index in [-0.39, 0.29) is 11.7 Å². The van der Waals surface area contributed by atoms with Crippen LogP contribution in [0.3, 0.4) is 0 Å². The van der Waals surface area contributed by atoms with E-state index in [9.17, 15) is 13.6 Å². The minimum Gasteiger partial charge on any atom is -0.434 e. The molecule has 4 nitrogen and oxygen atoms in total. The number of nitrogens with zero attached hydrogens (tertiary/aromatic N) is 1. The van der Waals surface area contributed by atoms with Crippen LogP contribution in [0.25, 0.3) is 11.3 Å². The largest absolute Gasteiger partial charge is 0.434 e. The van der Waals surface area contributed by atoms with Crippen LogP contribution in [-0.2, 0) is 5.54 Å². The van der Waals surface area contributed by atoms with Gasteiger partial charge < -0.3 is 10.1 Å². The summed E-state index contributed by atoms with van der Waals surface area (Å²) < 4.78 is 30.0. The molecule has 28 heavy (non-hydrogen) atoms. The number of ether oxygens (including phenoxy) is 1. The fourth-order valence-electron chi connectivity index (χ4n) is 2.73. The molecule has 3 rings (SSSR count). The third-order valence-electron chi connectivity index (χ3n) is 4.49. The molecule has 0 saturated carbocycles. The van der Waals surface area contributed by atoms with Gasteiger partial charge in [-0.2, -0.15) is 8.78 Å². The highest BCUT2D eigenvalue weighted by Gasteiger charge is 2.31. The maximum Gasteiger partial charge on any atom is 0.387 e. The molecule has 1 unspecified atom stereocenters. The Hall–Kier alpha value is -2.80. The predicted octanol–water partition coefficient (Wildman–Crippen LogP) is 5.47. The second kappa shape index (κ2) is 8.48. The van der Waals surface area contributed by atoms with Gasteiger partial charge in [0.1, 0.15) is 10.8 Å². The molecule has 1 heterocycles. The summed E-state index contributed by atoms with van der Waals surface area (Å²) in [6, 6.07) is 15.5. The summed E-state index contributed by atoms with van der Waals surface area (Å²) in [7, 11) is 0. The van der Waals surface area contributed by atoms with Gasteiger partial charge >= 0.3 is 6.61 Å². The second-order valence-electron chi connectivity index (χ2n) is 6.42. The highest BCUT2D eigenvalue weighted by Crippen LogP contribution is 2.35. The molecule has 0 aliphatic rings. The minimum absolute atomic E-state index is 0.0703. The van der Waals surface area contributed by atoms with Crippen molar-refractivity contribution in [3.63, 3.8) is 0 Å². The molecule has 146 valence electrons. The highest BCUT2D eigenvalue weighted by molar-refractivity contribution is 7.10. The predicted molar refractivity (Wildman–Crippen MR) is 106 cm³/mol. The lowest BCUT2D eigenvalue weighted by molar-refractivity contribution is -0.0494. The molecular weight excluding hydrogens is 382 g/mol. The van der Waals surface area contributed by atoms with Gasteiger partial charge in [-0.25, -0.2) is 4.98 Å². The Morgan fingerprint density at radius 1 is 1.18 bits per heavy atom. The quantitative estimate of drug-likeness (QED) is 0.570. The van der Waals surface area contributed by atoms with Crippen LogP contribution in [-0.4, -0.2) is 17.5 Å². The van der Waals surface area contributed by atoms with Gasteiger partial charge in [-0.3, -0.25) is 4.79 Å². The number of alkyl halides is 2. The molecule has 1 atom stereocenters. The molecule has 1 amide bonds. The van der Waals surface area contributed by atoms with E-state index in [1.54, 1.807) is 47.8 Å². The van der Waals surface area contributed by atoms with E-state index in [2.05, 4.69) is 15.0 Å². The third-order valence-corrected chi connectivity index (χ3v) is 5.59. The molecule has 0 spiro atoms. The molecule has 0 aliphatic carbocycles. The van der Waals surface area contributed by atoms with Crippen molar-refractivity contribution in [3.8, 4) is 17.0 Å². The van der Waals surface area contributed by atoms with E-state index in [0.717, 1.165) is 0 Å². The molecule has 1 N–H and O–H groups in total. The molecule has 0 bridgehead atoms. The van der Waals surface area contributed by atoms with Crippen LogP contribution in [0.15, 0.2) is 60.0 Å². The lowest BCUT2D eigenvalue weighted by Crippen LogP contribution is -2.43. The smallest absolute Gasteiger partial charge is 0.387 e. The first-order chi connectivity index (χ1) is 13.4. The van der Waals surface area contributed by atoms with Crippen molar-refractivity contribution in [3.05, 3.63) is 70.5 Å². The van der Waals surface area contributed by atoms with E-state index in [1.165, 1.54) is 17.4 Å². The van der Waals surface area contributed by atoms with Crippen molar-refractivity contribution in [1.29, 1.82) is 0 Å². The molecule has 1 aromatic heterocycles. The SMILES string of the molecule is CCC(C)(NC(=O)c1ccccc1)c1nc(-c2ccccc2OC(F)F)cs1. The van der Waals surface area contributed by atoms with Gasteiger partial charge in [0.25, 0.3) is 5.91 Å². The fraction of sp³-hybridized carbons (Fsp3) is 0.238. The minimum atomic E-state index is -2.91. The third kappa shape index (κ3) is 4.36. The number of carbonyl (C=O) groups is 1. The van der Waals surface area contributed by atoms with Gasteiger partial charge in [0.05, 0.1) is 11.2 Å². The Bertz CT molecular complexity index is 946. The monoisotopic (exact) mass is 402 g/mol. The van der Waals surface area contributed by atoms with Gasteiger partial charge in [0.15, 0.2) is 0 Å². The van der Waals surface area contributed by atoms with E-state index < -0.39 is 12.2 Å². The van der Waals surface area contributed by atoms with Crippen LogP contribution in [0.2, 0.25) is 0 Å². The first-order valence-electron chi connectivity index (χ1n) is 8.80. The van der Waals surface area contributed by atoms with E-state index in [0.29, 0.717) is 28.2 Å². The van der Waals surface area contributed by atoms with Crippen molar-refractivity contribution in [1.82, 2.24) is 10.3 Å². The molecule has 0 saturated heterocycles. The van der Waals surface area contributed by atoms with Gasteiger partial charge in [0.2, 0.25) is 0 Å². The molecule has 2 aromatic carbocycles. The molecule has 0 aliphatic heterocycles. The molecule has 0 radical (unpaired) electrons. The summed E-state index contributed by atoms with van der Waals surface area (Å²) >= 11 is 1.37. The van der Waals surface area contributed by atoms with Gasteiger partial charge in [-0.1, -0.05) is 37.3 Å². The van der Waals surface area contributed by atoms with E-state index >= 15 is 0 Å². The van der Waals surface area contributed by atoms with Crippen LogP contribution in [0.1, 0.15) is 35.6 Å². The first kappa shape index (κ1) is 19.9. The summed E-state index contributed by atoms with van der Waals surface area (Å²) in [4.78, 5) is 17.2. The number of hydrogen-bond acceptors (Lipinski definition) is 4. The molecular formula is C21H20F2N2O2S. The summed E-state index contributed by atoms with van der Waals surface area (Å²) in [5.41, 5.74) is 0.895. The Kier molecular flexibility index (Phi) is 6.04. The molecule has 7 heteroatoms. The van der Waals surface area contributed by atoms with Gasteiger partial charge in [-0.05, 0) is 37.6 Å². The average molecular weight is 402 g/mol. The van der Waals surface area contributed by atoms with Crippen LogP contribution in [0, 0.1) is 0 Å². The summed E-state index contributed by atoms with van der Waals surface area (Å²) in [6.07, 6.45) is 0.619. The van der Waals surface area contributed by atoms with Crippen molar-refractivity contribution in [2.45, 2.75) is 32.4 Å². The topological polar surface area (TPSA) is 51.2 Å². The number of thiazole rings is 1. The van der Waals surface area contributed by atoms with E-state index in [1.807, 2.05) is 19.9 Å². The number of para-hydroxylation sites is 1. The standard InChI is InChI=1S/C21H20F2N2O2S/c1-3-21(2,25-18(26)14-9-5-4-6-10-14)19-24-16(13-28-19)15-11-7-8-12-17(15)27-20(22)23/h4-13,20H,3H2,1-2H3,(H,25,26). The van der Waals surface area contributed by atoms with Crippen LogP contribution in [0.4, 0.5) is 8.78 Å². The molecule has 0 fully saturated rings. The molecule has 3 aromatic rings. The first-order valence-corrected chi connectivity index (χ1v) is 9.68. The Morgan fingerprint density at radius 3 is 2.54 bits per heavy atom. The zero-order valence-corrected chi connectivity index (χ0v) is 16.3. The zero-order valence-electron chi connectivity index (χ0n) is 15.5. The maximum absolute atomic E-state index is 12.7. The summed E-state index contributed by atoms with van der Waals surface area (Å²) in [5, 5.41) is 5.52. The Labute approximate surface area is 166 Å². The average Bonchev–Trinajstić information content (AvgIpc) is 3.19. The maximum atomic E-state index is 12.7. The Morgan fingerprint density at radius 2 is 1.86 bits per heavy atom. The number of aromatic nitrogens is 1. The van der Waals surface area contributed by atoms with Crippen molar-refractivity contribution in [2.75, 3.05) is 0 Å². The highest BCUT2D eigenvalue weighted by atomic mass is 32.1. The zero-order chi connectivity index (χ0) is 20.1. The summed E-state index contributed by atoms with van der Waals surface area (Å²) in [5.74, 6) is -0.121. The number of carbonyl (C=O) groups excluding carboxylic acids is 1. The Balaban J connectivity index is 1.88. The lowest BCUT2D eigenvalue weighted by atomic mass is 9.99. The number of rotatable bonds is 7. The lowest BCUT2D eigenvalue weighted by Gasteiger charge is -2.27. The fourth-order valence-corrected chi connectivity index (χ4v) is 3.74. The van der Waals surface area contributed by atoms with Crippen LogP contribution < -0.4 is 10.1 Å². The number of amides is 1. The van der Waals surface area contributed by atoms with Crippen molar-refractivity contribution >= 4 is 17.2 Å². The number of hydrogen-bond donors (Lipinski definition) is 1. The van der Waals surface area contributed by atoms with E-state index in [4.69, 9.17) is 0 Å². The summed E-state index contributed by atoms with van der Waals surface area (Å²) in [6.45, 7) is 0.948. The second-order valence-corrected chi connectivity index (χ2v) is 7.28.